The Labute approximate surface area is 120 Å². The molecule has 0 aromatic heterocycles. The van der Waals surface area contributed by atoms with Crippen LogP contribution in [0, 0.1) is 0 Å². The summed E-state index contributed by atoms with van der Waals surface area (Å²) in [6.45, 7) is 2.11. The molecule has 0 aliphatic carbocycles. The Kier molecular flexibility index (Phi) is 6.62. The van der Waals surface area contributed by atoms with Crippen molar-refractivity contribution < 1.29 is 14.6 Å². The SMILES string of the molecule is CCOC(=O)c1ccc(O)cc1.[KH]. The van der Waals surface area contributed by atoms with Crippen molar-refractivity contribution in [3.05, 3.63) is 29.8 Å². The fourth-order valence-corrected chi connectivity index (χ4v) is 0.812. The molecular weight excluding hydrogens is 195 g/mol. The Balaban J connectivity index is 0.00000144. The molecular formula is C9H11KO3. The summed E-state index contributed by atoms with van der Waals surface area (Å²) in [5.41, 5.74) is 0.453. The maximum absolute atomic E-state index is 11.1. The van der Waals surface area contributed by atoms with Crippen molar-refractivity contribution in [2.24, 2.45) is 0 Å². The van der Waals surface area contributed by atoms with E-state index in [0.717, 1.165) is 0 Å². The van der Waals surface area contributed by atoms with Crippen LogP contribution in [0.15, 0.2) is 24.3 Å². The molecule has 13 heavy (non-hydrogen) atoms. The second kappa shape index (κ2) is 6.56. The summed E-state index contributed by atoms with van der Waals surface area (Å²) in [5.74, 6) is -0.222. The number of ether oxygens (including phenoxy) is 1. The van der Waals surface area contributed by atoms with Gasteiger partial charge in [-0.2, -0.15) is 0 Å². The van der Waals surface area contributed by atoms with E-state index < -0.39 is 0 Å². The minimum atomic E-state index is -0.363. The molecule has 66 valence electrons. The van der Waals surface area contributed by atoms with Crippen molar-refractivity contribution in [1.29, 1.82) is 0 Å². The van der Waals surface area contributed by atoms with E-state index in [1.807, 2.05) is 0 Å². The zero-order chi connectivity index (χ0) is 8.97. The second-order valence-corrected chi connectivity index (χ2v) is 2.27. The van der Waals surface area contributed by atoms with Crippen molar-refractivity contribution in [1.82, 2.24) is 0 Å². The minimum absolute atomic E-state index is 0. The number of phenols is 1. The van der Waals surface area contributed by atoms with Gasteiger partial charge in [0, 0.05) is 0 Å². The topological polar surface area (TPSA) is 46.5 Å². The first-order chi connectivity index (χ1) is 5.74. The van der Waals surface area contributed by atoms with Gasteiger partial charge in [-0.25, -0.2) is 4.79 Å². The van der Waals surface area contributed by atoms with Crippen molar-refractivity contribution >= 4 is 57.4 Å². The molecule has 0 spiro atoms. The van der Waals surface area contributed by atoms with E-state index in [0.29, 0.717) is 12.2 Å². The number of hydrogen-bond donors (Lipinski definition) is 1. The molecule has 0 bridgehead atoms. The quantitative estimate of drug-likeness (QED) is 0.578. The zero-order valence-electron chi connectivity index (χ0n) is 6.78. The van der Waals surface area contributed by atoms with Crippen LogP contribution in [-0.2, 0) is 4.74 Å². The molecule has 0 aliphatic rings. The summed E-state index contributed by atoms with van der Waals surface area (Å²) in [5, 5.41) is 8.92. The van der Waals surface area contributed by atoms with Crippen molar-refractivity contribution in [2.75, 3.05) is 6.61 Å². The first-order valence-electron chi connectivity index (χ1n) is 3.70. The summed E-state index contributed by atoms with van der Waals surface area (Å²) >= 11 is 0. The number of aromatic hydroxyl groups is 1. The van der Waals surface area contributed by atoms with Gasteiger partial charge in [0.1, 0.15) is 5.75 Å². The van der Waals surface area contributed by atoms with Gasteiger partial charge in [0.05, 0.1) is 12.2 Å². The first-order valence-corrected chi connectivity index (χ1v) is 3.70. The fraction of sp³-hybridized carbons (Fsp3) is 0.222. The molecule has 0 saturated carbocycles. The molecule has 1 aromatic rings. The average molecular weight is 206 g/mol. The predicted octanol–water partition coefficient (Wildman–Crippen LogP) is 0.920. The number of carbonyl (C=O) groups excluding carboxylic acids is 1. The van der Waals surface area contributed by atoms with Crippen LogP contribution in [0.2, 0.25) is 0 Å². The molecule has 1 rings (SSSR count). The Morgan fingerprint density at radius 2 is 1.92 bits per heavy atom. The van der Waals surface area contributed by atoms with Gasteiger partial charge in [-0.3, -0.25) is 0 Å². The molecule has 0 amide bonds. The monoisotopic (exact) mass is 206 g/mol. The van der Waals surface area contributed by atoms with Crippen LogP contribution < -0.4 is 0 Å². The second-order valence-electron chi connectivity index (χ2n) is 2.27. The summed E-state index contributed by atoms with van der Waals surface area (Å²) < 4.78 is 4.75. The summed E-state index contributed by atoms with van der Waals surface area (Å²) in [4.78, 5) is 11.1. The standard InChI is InChI=1S/C9H10O3.K.H/c1-2-12-9(11)7-3-5-8(10)6-4-7;;/h3-6,10H,2H2,1H3;;. The van der Waals surface area contributed by atoms with E-state index in [1.54, 1.807) is 6.92 Å². The number of rotatable bonds is 2. The molecule has 0 unspecified atom stereocenters. The Bertz CT molecular complexity index is 269. The summed E-state index contributed by atoms with van der Waals surface area (Å²) in [6, 6.07) is 5.94. The average Bonchev–Trinajstić information content (AvgIpc) is 2.06. The Hall–Kier alpha value is 0.126. The molecule has 0 radical (unpaired) electrons. The molecule has 3 nitrogen and oxygen atoms in total. The fourth-order valence-electron chi connectivity index (χ4n) is 0.812. The van der Waals surface area contributed by atoms with Gasteiger partial charge in [-0.1, -0.05) is 0 Å². The van der Waals surface area contributed by atoms with Crippen molar-refractivity contribution in [3.63, 3.8) is 0 Å². The Morgan fingerprint density at radius 3 is 2.38 bits per heavy atom. The Morgan fingerprint density at radius 1 is 1.38 bits per heavy atom. The van der Waals surface area contributed by atoms with Crippen LogP contribution in [0.1, 0.15) is 17.3 Å². The number of esters is 1. The van der Waals surface area contributed by atoms with Crippen LogP contribution in [-0.4, -0.2) is 69.1 Å². The third kappa shape index (κ3) is 4.24. The molecule has 0 aliphatic heterocycles. The van der Waals surface area contributed by atoms with Gasteiger partial charge in [0.2, 0.25) is 0 Å². The molecule has 0 heterocycles. The van der Waals surface area contributed by atoms with Gasteiger partial charge in [-0.05, 0) is 31.2 Å². The van der Waals surface area contributed by atoms with Crippen LogP contribution in [0.5, 0.6) is 5.75 Å². The molecule has 0 saturated heterocycles. The van der Waals surface area contributed by atoms with Gasteiger partial charge in [0.15, 0.2) is 0 Å². The van der Waals surface area contributed by atoms with Crippen LogP contribution in [0.25, 0.3) is 0 Å². The molecule has 4 heteroatoms. The van der Waals surface area contributed by atoms with Crippen LogP contribution in [0.3, 0.4) is 0 Å². The van der Waals surface area contributed by atoms with Gasteiger partial charge >= 0.3 is 57.4 Å². The maximum atomic E-state index is 11.1. The predicted molar refractivity (Wildman–Crippen MR) is 51.2 cm³/mol. The van der Waals surface area contributed by atoms with E-state index in [9.17, 15) is 4.79 Å². The van der Waals surface area contributed by atoms with E-state index in [4.69, 9.17) is 9.84 Å². The number of benzene rings is 1. The van der Waals surface area contributed by atoms with Crippen LogP contribution in [0.4, 0.5) is 0 Å². The molecule has 1 N–H and O–H groups in total. The van der Waals surface area contributed by atoms with E-state index in [2.05, 4.69) is 0 Å². The number of hydrogen-bond acceptors (Lipinski definition) is 3. The van der Waals surface area contributed by atoms with Crippen molar-refractivity contribution in [2.45, 2.75) is 6.92 Å². The van der Waals surface area contributed by atoms with Gasteiger partial charge < -0.3 is 9.84 Å². The molecule has 0 atom stereocenters. The first kappa shape index (κ1) is 13.1. The van der Waals surface area contributed by atoms with E-state index in [1.165, 1.54) is 24.3 Å². The molecule has 0 fully saturated rings. The third-order valence-electron chi connectivity index (χ3n) is 1.38. The summed E-state index contributed by atoms with van der Waals surface area (Å²) in [7, 11) is 0. The van der Waals surface area contributed by atoms with Crippen molar-refractivity contribution in [3.8, 4) is 5.75 Å². The zero-order valence-corrected chi connectivity index (χ0v) is 6.78. The van der Waals surface area contributed by atoms with Gasteiger partial charge in [-0.15, -0.1) is 0 Å². The van der Waals surface area contributed by atoms with Gasteiger partial charge in [0.25, 0.3) is 0 Å². The van der Waals surface area contributed by atoms with Crippen LogP contribution >= 0.6 is 0 Å². The molecule has 1 aromatic carbocycles. The normalized spacial score (nSPS) is 8.69. The van der Waals surface area contributed by atoms with E-state index >= 15 is 0 Å². The number of carbonyl (C=O) groups is 1. The summed E-state index contributed by atoms with van der Waals surface area (Å²) in [6.07, 6.45) is 0. The third-order valence-corrected chi connectivity index (χ3v) is 1.38. The number of phenolic OH excluding ortho intramolecular Hbond substituents is 1. The van der Waals surface area contributed by atoms with E-state index in [-0.39, 0.29) is 63.1 Å².